The van der Waals surface area contributed by atoms with Crippen LogP contribution in [0.1, 0.15) is 5.56 Å². The Balaban J connectivity index is 1.59. The summed E-state index contributed by atoms with van der Waals surface area (Å²) in [5.74, 6) is 0. The van der Waals surface area contributed by atoms with Gasteiger partial charge in [0.25, 0.3) is 0 Å². The van der Waals surface area contributed by atoms with Gasteiger partial charge >= 0.3 is 0 Å². The van der Waals surface area contributed by atoms with Crippen LogP contribution in [0, 0.1) is 0 Å². The van der Waals surface area contributed by atoms with Gasteiger partial charge in [-0.1, -0.05) is 60.7 Å². The van der Waals surface area contributed by atoms with Gasteiger partial charge in [0.15, 0.2) is 0 Å². The Bertz CT molecular complexity index is 1170. The number of benzene rings is 2. The van der Waals surface area contributed by atoms with Crippen molar-refractivity contribution < 1.29 is 0 Å². The Labute approximate surface area is 161 Å². The van der Waals surface area contributed by atoms with Crippen LogP contribution in [0.3, 0.4) is 0 Å². The highest BCUT2D eigenvalue weighted by atomic mass is 15.1. The third-order valence-corrected chi connectivity index (χ3v) is 4.76. The van der Waals surface area contributed by atoms with Crippen LogP contribution in [-0.4, -0.2) is 29.7 Å². The summed E-state index contributed by atoms with van der Waals surface area (Å²) in [4.78, 5) is 12.1. The van der Waals surface area contributed by atoms with Crippen molar-refractivity contribution in [2.75, 3.05) is 0 Å². The van der Waals surface area contributed by atoms with Gasteiger partial charge in [0.05, 0.1) is 54.4 Å². The van der Waals surface area contributed by atoms with Gasteiger partial charge in [-0.3, -0.25) is 5.10 Å². The van der Waals surface area contributed by atoms with E-state index in [2.05, 4.69) is 49.0 Å². The summed E-state index contributed by atoms with van der Waals surface area (Å²) in [6.07, 6.45) is 7.27. The number of rotatable bonds is 5. The molecule has 0 spiro atoms. The van der Waals surface area contributed by atoms with E-state index in [0.717, 1.165) is 39.5 Å². The lowest BCUT2D eigenvalue weighted by Crippen LogP contribution is -2.02. The number of hydrogen-bond donors (Lipinski definition) is 2. The molecule has 3 heterocycles. The minimum absolute atomic E-state index is 0.648. The van der Waals surface area contributed by atoms with E-state index in [1.165, 1.54) is 0 Å². The molecule has 5 aromatic rings. The van der Waals surface area contributed by atoms with Crippen molar-refractivity contribution in [1.82, 2.24) is 29.7 Å². The second-order valence-corrected chi connectivity index (χ2v) is 6.54. The molecule has 6 heteroatoms. The Kier molecular flexibility index (Phi) is 4.06. The monoisotopic (exact) mass is 366 g/mol. The molecule has 5 rings (SSSR count). The second kappa shape index (κ2) is 7.00. The summed E-state index contributed by atoms with van der Waals surface area (Å²) in [5.41, 5.74) is 7.16. The van der Waals surface area contributed by atoms with Gasteiger partial charge in [-0.05, 0) is 5.56 Å². The number of imidazole rings is 2. The average molecular weight is 366 g/mol. The minimum Gasteiger partial charge on any atom is -0.343 e. The predicted molar refractivity (Wildman–Crippen MR) is 108 cm³/mol. The number of hydrogen-bond acceptors (Lipinski definition) is 3. The first-order valence-electron chi connectivity index (χ1n) is 9.07. The number of aromatic amines is 2. The zero-order valence-corrected chi connectivity index (χ0v) is 15.1. The predicted octanol–water partition coefficient (Wildman–Crippen LogP) is 4.38. The van der Waals surface area contributed by atoms with E-state index in [9.17, 15) is 0 Å². The van der Waals surface area contributed by atoms with Crippen LogP contribution in [0.4, 0.5) is 0 Å². The van der Waals surface area contributed by atoms with Crippen LogP contribution in [0.2, 0.25) is 0 Å². The van der Waals surface area contributed by atoms with Crippen molar-refractivity contribution in [2.45, 2.75) is 6.54 Å². The molecule has 0 amide bonds. The zero-order chi connectivity index (χ0) is 18.8. The highest BCUT2D eigenvalue weighted by molar-refractivity contribution is 5.76. The first kappa shape index (κ1) is 16.3. The van der Waals surface area contributed by atoms with Crippen molar-refractivity contribution in [3.63, 3.8) is 0 Å². The highest BCUT2D eigenvalue weighted by Crippen LogP contribution is 2.31. The third-order valence-electron chi connectivity index (χ3n) is 4.76. The fraction of sp³-hybridized carbons (Fsp3) is 0.0455. The van der Waals surface area contributed by atoms with Crippen molar-refractivity contribution >= 4 is 0 Å². The largest absolute Gasteiger partial charge is 0.343 e. The van der Waals surface area contributed by atoms with E-state index in [1.54, 1.807) is 6.33 Å². The lowest BCUT2D eigenvalue weighted by Gasteiger charge is -2.10. The van der Waals surface area contributed by atoms with Gasteiger partial charge in [0.1, 0.15) is 0 Å². The summed E-state index contributed by atoms with van der Waals surface area (Å²) in [6.45, 7) is 0.648. The van der Waals surface area contributed by atoms with E-state index >= 15 is 0 Å². The molecule has 0 saturated heterocycles. The fourth-order valence-electron chi connectivity index (χ4n) is 3.45. The molecule has 3 aromatic heterocycles. The maximum atomic E-state index is 4.71. The van der Waals surface area contributed by atoms with Crippen molar-refractivity contribution in [2.24, 2.45) is 0 Å². The molecule has 2 N–H and O–H groups in total. The van der Waals surface area contributed by atoms with Crippen LogP contribution in [0.5, 0.6) is 0 Å². The fourth-order valence-corrected chi connectivity index (χ4v) is 3.45. The number of H-pyrrole nitrogens is 2. The normalized spacial score (nSPS) is 11.0. The molecule has 2 aromatic carbocycles. The van der Waals surface area contributed by atoms with Gasteiger partial charge in [-0.15, -0.1) is 0 Å². The van der Waals surface area contributed by atoms with Gasteiger partial charge in [0.2, 0.25) is 0 Å². The number of nitrogens with zero attached hydrogens (tertiary/aromatic N) is 4. The van der Waals surface area contributed by atoms with E-state index in [-0.39, 0.29) is 0 Å². The number of aromatic nitrogens is 6. The first-order valence-corrected chi connectivity index (χ1v) is 9.07. The third kappa shape index (κ3) is 2.91. The molecule has 0 bridgehead atoms. The Morgan fingerprint density at radius 3 is 2.32 bits per heavy atom. The maximum Gasteiger partial charge on any atom is 0.0979 e. The van der Waals surface area contributed by atoms with Gasteiger partial charge in [0, 0.05) is 11.1 Å². The molecule has 0 radical (unpaired) electrons. The summed E-state index contributed by atoms with van der Waals surface area (Å²) < 4.78 is 2.13. The average Bonchev–Trinajstić information content (AvgIpc) is 3.50. The molecular formula is C22H18N6. The molecule has 6 nitrogen and oxygen atoms in total. The SMILES string of the molecule is c1ccc(-c2ncn(Cc3cn[nH]c3-c3ccccc3)c2-c2cnc[nH]2)cc1. The smallest absolute Gasteiger partial charge is 0.0979 e. The summed E-state index contributed by atoms with van der Waals surface area (Å²) in [5, 5.41) is 7.40. The summed E-state index contributed by atoms with van der Waals surface area (Å²) in [7, 11) is 0. The van der Waals surface area contributed by atoms with Gasteiger partial charge in [-0.2, -0.15) is 5.10 Å². The Morgan fingerprint density at radius 2 is 1.61 bits per heavy atom. The quantitative estimate of drug-likeness (QED) is 0.485. The van der Waals surface area contributed by atoms with E-state index < -0.39 is 0 Å². The van der Waals surface area contributed by atoms with E-state index in [4.69, 9.17) is 4.98 Å². The van der Waals surface area contributed by atoms with Crippen molar-refractivity contribution in [3.8, 4) is 33.9 Å². The molecule has 0 aliphatic carbocycles. The Morgan fingerprint density at radius 1 is 0.857 bits per heavy atom. The standard InChI is InChI=1S/C22H18N6/c1-3-7-16(8-4-1)20-18(11-26-27-20)13-28-15-25-21(17-9-5-2-6-10-17)22(28)19-12-23-14-24-19/h1-12,14-15H,13H2,(H,23,24)(H,26,27). The molecule has 0 atom stereocenters. The number of nitrogens with one attached hydrogen (secondary N) is 2. The van der Waals surface area contributed by atoms with Crippen LogP contribution in [0.15, 0.2) is 85.7 Å². The van der Waals surface area contributed by atoms with Crippen molar-refractivity contribution in [1.29, 1.82) is 0 Å². The minimum atomic E-state index is 0.648. The molecule has 0 unspecified atom stereocenters. The molecule has 136 valence electrons. The topological polar surface area (TPSA) is 75.2 Å². The highest BCUT2D eigenvalue weighted by Gasteiger charge is 2.18. The Hall–Kier alpha value is -3.93. The van der Waals surface area contributed by atoms with Crippen molar-refractivity contribution in [3.05, 3.63) is 91.3 Å². The summed E-state index contributed by atoms with van der Waals surface area (Å²) in [6, 6.07) is 20.4. The lowest BCUT2D eigenvalue weighted by molar-refractivity contribution is 0.805. The van der Waals surface area contributed by atoms with Gasteiger partial charge < -0.3 is 9.55 Å². The maximum absolute atomic E-state index is 4.71. The molecule has 28 heavy (non-hydrogen) atoms. The molecular weight excluding hydrogens is 348 g/mol. The molecule has 0 aliphatic heterocycles. The lowest BCUT2D eigenvalue weighted by atomic mass is 10.1. The molecule has 0 saturated carbocycles. The van der Waals surface area contributed by atoms with E-state index in [1.807, 2.05) is 55.1 Å². The van der Waals surface area contributed by atoms with E-state index in [0.29, 0.717) is 6.54 Å². The van der Waals surface area contributed by atoms with Gasteiger partial charge in [-0.25, -0.2) is 9.97 Å². The van der Waals surface area contributed by atoms with Crippen LogP contribution in [0.25, 0.3) is 33.9 Å². The first-order chi connectivity index (χ1) is 13.9. The van der Waals surface area contributed by atoms with Crippen LogP contribution >= 0.6 is 0 Å². The molecule has 0 aliphatic rings. The summed E-state index contributed by atoms with van der Waals surface area (Å²) >= 11 is 0. The zero-order valence-electron chi connectivity index (χ0n) is 15.1. The molecule has 0 fully saturated rings. The van der Waals surface area contributed by atoms with Crippen LogP contribution < -0.4 is 0 Å². The second-order valence-electron chi connectivity index (χ2n) is 6.54. The van der Waals surface area contributed by atoms with Crippen LogP contribution in [-0.2, 0) is 6.54 Å².